The van der Waals surface area contributed by atoms with E-state index in [1.165, 1.54) is 0 Å². The highest BCUT2D eigenvalue weighted by Gasteiger charge is 2.32. The molecule has 0 radical (unpaired) electrons. The summed E-state index contributed by atoms with van der Waals surface area (Å²) >= 11 is 0. The molecule has 0 aliphatic heterocycles. The van der Waals surface area contributed by atoms with E-state index < -0.39 is 35.2 Å². The highest BCUT2D eigenvalue weighted by Crippen LogP contribution is 2.23. The smallest absolute Gasteiger partial charge is 0.329 e. The summed E-state index contributed by atoms with van der Waals surface area (Å²) in [5, 5.41) is 13.3. The molecule has 0 saturated heterocycles. The second kappa shape index (κ2) is 9.38. The van der Waals surface area contributed by atoms with Crippen molar-refractivity contribution in [3.8, 4) is 0 Å². The Bertz CT molecular complexity index is 1480. The Morgan fingerprint density at radius 2 is 1.68 bits per heavy atom. The minimum absolute atomic E-state index is 0.0179. The third-order valence-corrected chi connectivity index (χ3v) is 6.32. The van der Waals surface area contributed by atoms with E-state index in [4.69, 9.17) is 0 Å². The number of carboxylic acid groups (broad SMARTS) is 1. The molecule has 3 atom stereocenters. The van der Waals surface area contributed by atoms with Crippen LogP contribution in [0.3, 0.4) is 0 Å². The molecule has 0 spiro atoms. The number of carbonyl (C=O) groups is 2. The number of aromatic amines is 2. The SMILES string of the molecule is CC[C@@H](C)[C@H](NC(=O)[C@H](Cc1c[nH]c2ccccc12)n1c(=O)[nH]c2ccccc2c1=O)C(=O)O. The van der Waals surface area contributed by atoms with Crippen LogP contribution in [0, 0.1) is 5.92 Å². The fourth-order valence-corrected chi connectivity index (χ4v) is 4.20. The van der Waals surface area contributed by atoms with Crippen molar-refractivity contribution in [2.24, 2.45) is 5.92 Å². The van der Waals surface area contributed by atoms with E-state index in [0.29, 0.717) is 11.9 Å². The van der Waals surface area contributed by atoms with E-state index >= 15 is 0 Å². The van der Waals surface area contributed by atoms with Crippen molar-refractivity contribution in [2.75, 3.05) is 0 Å². The zero-order valence-electron chi connectivity index (χ0n) is 18.9. The summed E-state index contributed by atoms with van der Waals surface area (Å²) in [6.45, 7) is 3.55. The largest absolute Gasteiger partial charge is 0.480 e. The lowest BCUT2D eigenvalue weighted by Crippen LogP contribution is -2.51. The topological polar surface area (TPSA) is 137 Å². The van der Waals surface area contributed by atoms with Gasteiger partial charge in [-0.25, -0.2) is 14.2 Å². The van der Waals surface area contributed by atoms with Gasteiger partial charge in [-0.15, -0.1) is 0 Å². The minimum Gasteiger partial charge on any atom is -0.480 e. The average molecular weight is 463 g/mol. The number of nitrogens with one attached hydrogen (secondary N) is 3. The number of para-hydroxylation sites is 2. The number of H-pyrrole nitrogens is 2. The maximum absolute atomic E-state index is 13.5. The van der Waals surface area contributed by atoms with Crippen molar-refractivity contribution in [3.63, 3.8) is 0 Å². The van der Waals surface area contributed by atoms with Crippen molar-refractivity contribution >= 4 is 33.7 Å². The molecular formula is C25H26N4O5. The molecular weight excluding hydrogens is 436 g/mol. The molecule has 2 heterocycles. The van der Waals surface area contributed by atoms with Crippen LogP contribution < -0.4 is 16.6 Å². The minimum atomic E-state index is -1.26. The number of rotatable bonds is 8. The van der Waals surface area contributed by atoms with Crippen LogP contribution in [0.5, 0.6) is 0 Å². The summed E-state index contributed by atoms with van der Waals surface area (Å²) in [7, 11) is 0. The van der Waals surface area contributed by atoms with E-state index in [1.807, 2.05) is 31.2 Å². The number of nitrogens with zero attached hydrogens (tertiary/aromatic N) is 1. The second-order valence-electron chi connectivity index (χ2n) is 8.44. The number of carbonyl (C=O) groups excluding carboxylic acids is 1. The van der Waals surface area contributed by atoms with Gasteiger partial charge in [-0.2, -0.15) is 0 Å². The van der Waals surface area contributed by atoms with Crippen LogP contribution in [0.25, 0.3) is 21.8 Å². The molecule has 1 amide bonds. The van der Waals surface area contributed by atoms with Gasteiger partial charge in [0.2, 0.25) is 5.91 Å². The summed E-state index contributed by atoms with van der Waals surface area (Å²) in [6.07, 6.45) is 2.28. The number of hydrogen-bond donors (Lipinski definition) is 4. The number of amides is 1. The van der Waals surface area contributed by atoms with Crippen molar-refractivity contribution in [1.82, 2.24) is 19.9 Å². The Hall–Kier alpha value is -4.14. The molecule has 4 rings (SSSR count). The Labute approximate surface area is 194 Å². The van der Waals surface area contributed by atoms with E-state index in [9.17, 15) is 24.3 Å². The number of fused-ring (bicyclic) bond motifs is 2. The molecule has 176 valence electrons. The van der Waals surface area contributed by atoms with Crippen molar-refractivity contribution in [1.29, 1.82) is 0 Å². The molecule has 9 nitrogen and oxygen atoms in total. The predicted molar refractivity (Wildman–Crippen MR) is 129 cm³/mol. The number of carboxylic acids is 1. The van der Waals surface area contributed by atoms with Crippen molar-refractivity contribution in [2.45, 2.75) is 38.8 Å². The van der Waals surface area contributed by atoms with Crippen LogP contribution in [-0.4, -0.2) is 37.6 Å². The highest BCUT2D eigenvalue weighted by molar-refractivity contribution is 5.88. The molecule has 2 aromatic carbocycles. The average Bonchev–Trinajstić information content (AvgIpc) is 3.24. The quantitative estimate of drug-likeness (QED) is 0.319. The van der Waals surface area contributed by atoms with Crippen molar-refractivity contribution < 1.29 is 14.7 Å². The van der Waals surface area contributed by atoms with Gasteiger partial charge in [0.15, 0.2) is 0 Å². The summed E-state index contributed by atoms with van der Waals surface area (Å²) in [6, 6.07) is 11.6. The fourth-order valence-electron chi connectivity index (χ4n) is 4.20. The molecule has 0 saturated carbocycles. The van der Waals surface area contributed by atoms with E-state index in [-0.39, 0.29) is 17.7 Å². The highest BCUT2D eigenvalue weighted by atomic mass is 16.4. The second-order valence-corrected chi connectivity index (χ2v) is 8.44. The molecule has 9 heteroatoms. The first-order chi connectivity index (χ1) is 16.3. The molecule has 0 fully saturated rings. The summed E-state index contributed by atoms with van der Waals surface area (Å²) < 4.78 is 0.884. The molecule has 4 N–H and O–H groups in total. The number of aromatic nitrogens is 3. The van der Waals surface area contributed by atoms with Crippen LogP contribution >= 0.6 is 0 Å². The van der Waals surface area contributed by atoms with E-state index in [2.05, 4.69) is 15.3 Å². The molecule has 0 unspecified atom stereocenters. The third kappa shape index (κ3) is 4.24. The monoisotopic (exact) mass is 462 g/mol. The normalized spacial score (nSPS) is 14.1. The lowest BCUT2D eigenvalue weighted by molar-refractivity contribution is -0.143. The Morgan fingerprint density at radius 1 is 1.03 bits per heavy atom. The van der Waals surface area contributed by atoms with Gasteiger partial charge in [-0.1, -0.05) is 50.6 Å². The van der Waals surface area contributed by atoms with Crippen molar-refractivity contribution in [3.05, 3.63) is 81.1 Å². The standard InChI is InChI=1S/C25H26N4O5/c1-3-14(2)21(24(32)33)28-22(30)20(12-15-13-26-18-10-6-4-8-16(15)18)29-23(31)17-9-5-7-11-19(17)27-25(29)34/h4-11,13-14,20-21,26H,3,12H2,1-2H3,(H,27,34)(H,28,30)(H,32,33)/t14-,20+,21+/m1/s1. The van der Waals surface area contributed by atoms with Gasteiger partial charge in [-0.3, -0.25) is 9.59 Å². The number of aliphatic carboxylic acids is 1. The first-order valence-corrected chi connectivity index (χ1v) is 11.1. The third-order valence-electron chi connectivity index (χ3n) is 6.32. The predicted octanol–water partition coefficient (Wildman–Crippen LogP) is 2.57. The first-order valence-electron chi connectivity index (χ1n) is 11.1. The van der Waals surface area contributed by atoms with Crippen LogP contribution in [0.2, 0.25) is 0 Å². The van der Waals surface area contributed by atoms with Gasteiger partial charge in [0.05, 0.1) is 10.9 Å². The molecule has 0 bridgehead atoms. The molecule has 0 aliphatic rings. The summed E-state index contributed by atoms with van der Waals surface area (Å²) in [4.78, 5) is 57.5. The van der Waals surface area contributed by atoms with Crippen LogP contribution in [0.15, 0.2) is 64.3 Å². The first kappa shape index (κ1) is 23.0. The van der Waals surface area contributed by atoms with E-state index in [0.717, 1.165) is 21.0 Å². The van der Waals surface area contributed by atoms with Gasteiger partial charge in [-0.05, 0) is 29.7 Å². The Kier molecular flexibility index (Phi) is 6.36. The van der Waals surface area contributed by atoms with Gasteiger partial charge < -0.3 is 20.4 Å². The van der Waals surface area contributed by atoms with Gasteiger partial charge in [0, 0.05) is 23.5 Å². The Morgan fingerprint density at radius 3 is 2.35 bits per heavy atom. The summed E-state index contributed by atoms with van der Waals surface area (Å²) in [5.74, 6) is -2.23. The van der Waals surface area contributed by atoms with Crippen LogP contribution in [0.4, 0.5) is 0 Å². The maximum atomic E-state index is 13.5. The van der Waals surface area contributed by atoms with Crippen LogP contribution in [-0.2, 0) is 16.0 Å². The van der Waals surface area contributed by atoms with Gasteiger partial charge in [0.25, 0.3) is 5.56 Å². The van der Waals surface area contributed by atoms with E-state index in [1.54, 1.807) is 37.4 Å². The maximum Gasteiger partial charge on any atom is 0.329 e. The van der Waals surface area contributed by atoms with Crippen LogP contribution in [0.1, 0.15) is 31.9 Å². The van der Waals surface area contributed by atoms with Gasteiger partial charge >= 0.3 is 11.7 Å². The number of benzene rings is 2. The molecule has 34 heavy (non-hydrogen) atoms. The zero-order chi connectivity index (χ0) is 24.4. The molecule has 4 aromatic rings. The Balaban J connectivity index is 1.84. The fraction of sp³-hybridized carbons (Fsp3) is 0.280. The lowest BCUT2D eigenvalue weighted by atomic mass is 9.98. The lowest BCUT2D eigenvalue weighted by Gasteiger charge is -2.24. The van der Waals surface area contributed by atoms with Gasteiger partial charge in [0.1, 0.15) is 12.1 Å². The zero-order valence-corrected chi connectivity index (χ0v) is 18.9. The summed E-state index contributed by atoms with van der Waals surface area (Å²) in [5.41, 5.74) is 0.585. The molecule has 2 aromatic heterocycles. The number of hydrogen-bond acceptors (Lipinski definition) is 4. The molecule has 0 aliphatic carbocycles.